The van der Waals surface area contributed by atoms with Crippen molar-refractivity contribution in [2.45, 2.75) is 0 Å². The van der Waals surface area contributed by atoms with Crippen LogP contribution < -0.4 is 4.74 Å². The number of pyridine rings is 2. The molecule has 0 bridgehead atoms. The van der Waals surface area contributed by atoms with E-state index in [1.165, 1.54) is 0 Å². The van der Waals surface area contributed by atoms with Gasteiger partial charge in [-0.25, -0.2) is 15.0 Å². The predicted molar refractivity (Wildman–Crippen MR) is 87.1 cm³/mol. The molecule has 0 radical (unpaired) electrons. The summed E-state index contributed by atoms with van der Waals surface area (Å²) in [7, 11) is 0. The van der Waals surface area contributed by atoms with E-state index in [4.69, 9.17) is 4.74 Å². The van der Waals surface area contributed by atoms with Crippen molar-refractivity contribution < 1.29 is 4.74 Å². The summed E-state index contributed by atoms with van der Waals surface area (Å²) in [6, 6.07) is 17.4. The minimum Gasteiger partial charge on any atom is -0.424 e. The average molecular weight is 300 g/mol. The molecule has 5 heteroatoms. The van der Waals surface area contributed by atoms with Crippen molar-refractivity contribution in [3.8, 4) is 23.0 Å². The maximum Gasteiger partial charge on any atom is 0.321 e. The Labute approximate surface area is 132 Å². The second-order valence-corrected chi connectivity index (χ2v) is 4.91. The Morgan fingerprint density at radius 3 is 2.35 bits per heavy atom. The van der Waals surface area contributed by atoms with Gasteiger partial charge < -0.3 is 4.74 Å². The molecule has 0 N–H and O–H groups in total. The fraction of sp³-hybridized carbons (Fsp3) is 0. The molecule has 4 rings (SSSR count). The highest BCUT2D eigenvalue weighted by atomic mass is 16.5. The first kappa shape index (κ1) is 13.3. The van der Waals surface area contributed by atoms with Gasteiger partial charge >= 0.3 is 6.01 Å². The zero-order valence-electron chi connectivity index (χ0n) is 12.1. The normalized spacial score (nSPS) is 10.6. The van der Waals surface area contributed by atoms with Gasteiger partial charge in [-0.2, -0.15) is 0 Å². The quantitative estimate of drug-likeness (QED) is 0.574. The zero-order chi connectivity index (χ0) is 15.5. The van der Waals surface area contributed by atoms with Gasteiger partial charge in [-0.05, 0) is 36.4 Å². The molecule has 3 aromatic heterocycles. The second kappa shape index (κ2) is 5.81. The Bertz CT molecular complexity index is 940. The molecule has 0 saturated carbocycles. The summed E-state index contributed by atoms with van der Waals surface area (Å²) < 4.78 is 5.59. The van der Waals surface area contributed by atoms with Crippen LogP contribution in [-0.2, 0) is 0 Å². The van der Waals surface area contributed by atoms with Crippen LogP contribution in [0.1, 0.15) is 0 Å². The molecule has 110 valence electrons. The summed E-state index contributed by atoms with van der Waals surface area (Å²) in [6.45, 7) is 0. The lowest BCUT2D eigenvalue weighted by Crippen LogP contribution is -1.93. The number of ether oxygens (including phenoxy) is 1. The van der Waals surface area contributed by atoms with Crippen molar-refractivity contribution in [3.63, 3.8) is 0 Å². The molecule has 0 atom stereocenters. The van der Waals surface area contributed by atoms with Crippen molar-refractivity contribution in [1.82, 2.24) is 19.9 Å². The van der Waals surface area contributed by atoms with Gasteiger partial charge in [0.1, 0.15) is 5.75 Å². The maximum atomic E-state index is 5.59. The fourth-order valence-corrected chi connectivity index (χ4v) is 2.21. The maximum absolute atomic E-state index is 5.59. The molecule has 0 aliphatic carbocycles. The van der Waals surface area contributed by atoms with E-state index in [2.05, 4.69) is 19.9 Å². The molecule has 0 unspecified atom stereocenters. The molecule has 0 fully saturated rings. The average Bonchev–Trinajstić information content (AvgIpc) is 2.63. The lowest BCUT2D eigenvalue weighted by atomic mass is 10.2. The van der Waals surface area contributed by atoms with Gasteiger partial charge in [0.25, 0.3) is 0 Å². The molecule has 0 aliphatic heterocycles. The summed E-state index contributed by atoms with van der Waals surface area (Å²) in [6.07, 6.45) is 5.16. The van der Waals surface area contributed by atoms with E-state index in [0.717, 1.165) is 22.3 Å². The number of rotatable bonds is 3. The first-order valence-electron chi connectivity index (χ1n) is 7.15. The first-order valence-corrected chi connectivity index (χ1v) is 7.15. The summed E-state index contributed by atoms with van der Waals surface area (Å²) in [5, 5.41) is 0. The minimum atomic E-state index is 0.308. The highest BCUT2D eigenvalue weighted by molar-refractivity contribution is 5.77. The van der Waals surface area contributed by atoms with Crippen LogP contribution in [0.3, 0.4) is 0 Å². The highest BCUT2D eigenvalue weighted by Crippen LogP contribution is 2.21. The molecule has 23 heavy (non-hydrogen) atoms. The molecule has 3 heterocycles. The Morgan fingerprint density at radius 2 is 1.52 bits per heavy atom. The minimum absolute atomic E-state index is 0.308. The van der Waals surface area contributed by atoms with Crippen molar-refractivity contribution in [1.29, 1.82) is 0 Å². The Morgan fingerprint density at radius 1 is 0.696 bits per heavy atom. The molecule has 4 aromatic rings. The number of aromatic nitrogens is 4. The predicted octanol–water partition coefficient (Wildman–Crippen LogP) is 3.88. The van der Waals surface area contributed by atoms with Gasteiger partial charge in [0.05, 0.1) is 16.7 Å². The molecule has 0 saturated heterocycles. The third kappa shape index (κ3) is 2.85. The van der Waals surface area contributed by atoms with Gasteiger partial charge in [-0.3, -0.25) is 4.98 Å². The van der Waals surface area contributed by atoms with Crippen molar-refractivity contribution in [2.24, 2.45) is 0 Å². The van der Waals surface area contributed by atoms with Gasteiger partial charge in [0.15, 0.2) is 0 Å². The number of benzene rings is 1. The Balaban J connectivity index is 1.61. The first-order chi connectivity index (χ1) is 11.4. The number of hydrogen-bond donors (Lipinski definition) is 0. The summed E-state index contributed by atoms with van der Waals surface area (Å²) >= 11 is 0. The number of nitrogens with zero attached hydrogens (tertiary/aromatic N) is 4. The monoisotopic (exact) mass is 300 g/mol. The number of para-hydroxylation sites is 1. The van der Waals surface area contributed by atoms with Crippen LogP contribution in [-0.4, -0.2) is 19.9 Å². The van der Waals surface area contributed by atoms with E-state index in [1.807, 2.05) is 54.6 Å². The molecule has 5 nitrogen and oxygen atoms in total. The van der Waals surface area contributed by atoms with Crippen LogP contribution in [0.25, 0.3) is 22.3 Å². The Kier molecular flexibility index (Phi) is 3.37. The van der Waals surface area contributed by atoms with E-state index in [1.54, 1.807) is 18.6 Å². The van der Waals surface area contributed by atoms with Gasteiger partial charge in [0.2, 0.25) is 0 Å². The second-order valence-electron chi connectivity index (χ2n) is 4.91. The van der Waals surface area contributed by atoms with Gasteiger partial charge in [-0.15, -0.1) is 0 Å². The zero-order valence-corrected chi connectivity index (χ0v) is 12.1. The Hall–Kier alpha value is -3.34. The molecular formula is C18H12N4O. The highest BCUT2D eigenvalue weighted by Gasteiger charge is 2.05. The van der Waals surface area contributed by atoms with Crippen LogP contribution in [0.15, 0.2) is 73.2 Å². The van der Waals surface area contributed by atoms with Crippen LogP contribution in [0.5, 0.6) is 11.8 Å². The summed E-state index contributed by atoms with van der Waals surface area (Å²) in [5.74, 6) is 0.704. The van der Waals surface area contributed by atoms with Crippen LogP contribution >= 0.6 is 0 Å². The lowest BCUT2D eigenvalue weighted by molar-refractivity contribution is 0.442. The van der Waals surface area contributed by atoms with Crippen LogP contribution in [0.4, 0.5) is 0 Å². The van der Waals surface area contributed by atoms with E-state index in [0.29, 0.717) is 11.8 Å². The van der Waals surface area contributed by atoms with Crippen LogP contribution in [0.2, 0.25) is 0 Å². The molecule has 0 aliphatic rings. The van der Waals surface area contributed by atoms with Crippen molar-refractivity contribution >= 4 is 11.0 Å². The number of fused-ring (bicyclic) bond motifs is 1. The largest absolute Gasteiger partial charge is 0.424 e. The number of hydrogen-bond acceptors (Lipinski definition) is 5. The van der Waals surface area contributed by atoms with E-state index >= 15 is 0 Å². The topological polar surface area (TPSA) is 60.8 Å². The fourth-order valence-electron chi connectivity index (χ4n) is 2.21. The molecule has 0 spiro atoms. The smallest absolute Gasteiger partial charge is 0.321 e. The third-order valence-electron chi connectivity index (χ3n) is 3.33. The van der Waals surface area contributed by atoms with E-state index < -0.39 is 0 Å². The summed E-state index contributed by atoms with van der Waals surface area (Å²) in [4.78, 5) is 17.3. The summed E-state index contributed by atoms with van der Waals surface area (Å²) in [5.41, 5.74) is 3.34. The lowest BCUT2D eigenvalue weighted by Gasteiger charge is -2.05. The molecular weight excluding hydrogens is 288 g/mol. The van der Waals surface area contributed by atoms with Gasteiger partial charge in [-0.1, -0.05) is 18.2 Å². The van der Waals surface area contributed by atoms with Crippen molar-refractivity contribution in [2.75, 3.05) is 0 Å². The van der Waals surface area contributed by atoms with Gasteiger partial charge in [0, 0.05) is 24.2 Å². The van der Waals surface area contributed by atoms with E-state index in [9.17, 15) is 0 Å². The third-order valence-corrected chi connectivity index (χ3v) is 3.33. The molecule has 0 amide bonds. The van der Waals surface area contributed by atoms with E-state index in [-0.39, 0.29) is 0 Å². The van der Waals surface area contributed by atoms with Crippen LogP contribution in [0, 0.1) is 0 Å². The van der Waals surface area contributed by atoms with Crippen molar-refractivity contribution in [3.05, 3.63) is 73.2 Å². The molecule has 1 aromatic carbocycles. The standard InChI is InChI=1S/C18H12N4O/c1-2-5-14(6-3-1)23-18-20-11-13(12-21-18)15-8-9-16-17(22-15)7-4-10-19-16/h1-12H. The SMILES string of the molecule is c1ccc(Oc2ncc(-c3ccc4ncccc4n3)cn2)cc1.